The van der Waals surface area contributed by atoms with E-state index in [2.05, 4.69) is 15.3 Å². The molecule has 0 aliphatic rings. The largest absolute Gasteiger partial charge is 0.437 e. The second-order valence-electron chi connectivity index (χ2n) is 4.61. The van der Waals surface area contributed by atoms with Crippen LogP contribution in [0.4, 0.5) is 5.69 Å². The van der Waals surface area contributed by atoms with Gasteiger partial charge in [0.05, 0.1) is 22.5 Å². The molecular weight excluding hydrogens is 314 g/mol. The lowest BCUT2D eigenvalue weighted by Gasteiger charge is -2.07. The molecule has 0 saturated carbocycles. The van der Waals surface area contributed by atoms with Crippen LogP contribution in [0.25, 0.3) is 0 Å². The summed E-state index contributed by atoms with van der Waals surface area (Å²) < 4.78 is 5.58. The van der Waals surface area contributed by atoms with Crippen molar-refractivity contribution in [1.82, 2.24) is 9.97 Å². The third-order valence-corrected chi connectivity index (χ3v) is 3.28. The zero-order valence-corrected chi connectivity index (χ0v) is 12.7. The van der Waals surface area contributed by atoms with E-state index < -0.39 is 0 Å². The van der Waals surface area contributed by atoms with E-state index in [0.29, 0.717) is 27.9 Å². The van der Waals surface area contributed by atoms with Gasteiger partial charge in [-0.25, -0.2) is 4.98 Å². The molecule has 0 aliphatic carbocycles. The molecule has 0 unspecified atom stereocenters. The minimum absolute atomic E-state index is 0.269. The lowest BCUT2D eigenvalue weighted by Crippen LogP contribution is -2.12. The van der Waals surface area contributed by atoms with Crippen LogP contribution in [-0.2, 0) is 0 Å². The van der Waals surface area contributed by atoms with Crippen molar-refractivity contribution in [3.05, 3.63) is 77.7 Å². The molecule has 0 saturated heterocycles. The predicted octanol–water partition coefficient (Wildman–Crippen LogP) is 4.17. The van der Waals surface area contributed by atoms with Gasteiger partial charge in [0.1, 0.15) is 5.75 Å². The predicted molar refractivity (Wildman–Crippen MR) is 88.0 cm³/mol. The van der Waals surface area contributed by atoms with Crippen molar-refractivity contribution in [3.8, 4) is 11.6 Å². The summed E-state index contributed by atoms with van der Waals surface area (Å²) >= 11 is 6.02. The number of amides is 1. The van der Waals surface area contributed by atoms with Crippen LogP contribution in [-0.4, -0.2) is 15.9 Å². The SMILES string of the molecule is O=C(Nc1cccnc1)c1ccc(Oc2ccccc2Cl)nc1. The third kappa shape index (κ3) is 3.84. The summed E-state index contributed by atoms with van der Waals surface area (Å²) in [5.74, 6) is 0.597. The number of nitrogens with one attached hydrogen (secondary N) is 1. The van der Waals surface area contributed by atoms with Gasteiger partial charge in [0, 0.05) is 18.5 Å². The number of hydrogen-bond acceptors (Lipinski definition) is 4. The first kappa shape index (κ1) is 15.0. The Morgan fingerprint density at radius 1 is 1.04 bits per heavy atom. The third-order valence-electron chi connectivity index (χ3n) is 2.97. The van der Waals surface area contributed by atoms with Crippen LogP contribution < -0.4 is 10.1 Å². The van der Waals surface area contributed by atoms with E-state index in [4.69, 9.17) is 16.3 Å². The van der Waals surface area contributed by atoms with E-state index in [9.17, 15) is 4.79 Å². The lowest BCUT2D eigenvalue weighted by molar-refractivity contribution is 0.102. The van der Waals surface area contributed by atoms with Crippen LogP contribution in [0.2, 0.25) is 5.02 Å². The summed E-state index contributed by atoms with van der Waals surface area (Å²) in [4.78, 5) is 20.2. The normalized spacial score (nSPS) is 10.1. The van der Waals surface area contributed by atoms with Crippen molar-refractivity contribution in [2.24, 2.45) is 0 Å². The molecule has 0 radical (unpaired) electrons. The molecule has 3 rings (SSSR count). The molecule has 114 valence electrons. The highest BCUT2D eigenvalue weighted by molar-refractivity contribution is 6.32. The summed E-state index contributed by atoms with van der Waals surface area (Å²) in [6, 6.07) is 13.8. The average Bonchev–Trinajstić information content (AvgIpc) is 2.58. The number of hydrogen-bond donors (Lipinski definition) is 1. The van der Waals surface area contributed by atoms with Gasteiger partial charge < -0.3 is 10.1 Å². The van der Waals surface area contributed by atoms with Gasteiger partial charge in [-0.15, -0.1) is 0 Å². The molecule has 1 N–H and O–H groups in total. The highest BCUT2D eigenvalue weighted by Gasteiger charge is 2.08. The van der Waals surface area contributed by atoms with Crippen molar-refractivity contribution in [2.45, 2.75) is 0 Å². The lowest BCUT2D eigenvalue weighted by atomic mass is 10.2. The monoisotopic (exact) mass is 325 g/mol. The Labute approximate surface area is 137 Å². The van der Waals surface area contributed by atoms with Crippen LogP contribution in [0, 0.1) is 0 Å². The highest BCUT2D eigenvalue weighted by Crippen LogP contribution is 2.27. The maximum atomic E-state index is 12.1. The fourth-order valence-corrected chi connectivity index (χ4v) is 2.03. The zero-order valence-electron chi connectivity index (χ0n) is 11.9. The molecule has 5 nitrogen and oxygen atoms in total. The molecular formula is C17H12ClN3O2. The number of carbonyl (C=O) groups excluding carboxylic acids is 1. The van der Waals surface area contributed by atoms with Crippen molar-refractivity contribution >= 4 is 23.2 Å². The van der Waals surface area contributed by atoms with Gasteiger partial charge in [0.15, 0.2) is 0 Å². The number of carbonyl (C=O) groups is 1. The van der Waals surface area contributed by atoms with E-state index in [1.165, 1.54) is 6.20 Å². The Bertz CT molecular complexity index is 808. The average molecular weight is 326 g/mol. The topological polar surface area (TPSA) is 64.1 Å². The number of halogens is 1. The van der Waals surface area contributed by atoms with E-state index in [1.54, 1.807) is 48.8 Å². The van der Waals surface area contributed by atoms with Gasteiger partial charge in [-0.2, -0.15) is 0 Å². The molecule has 0 bridgehead atoms. The van der Waals surface area contributed by atoms with Crippen molar-refractivity contribution < 1.29 is 9.53 Å². The van der Waals surface area contributed by atoms with Gasteiger partial charge >= 0.3 is 0 Å². The molecule has 23 heavy (non-hydrogen) atoms. The smallest absolute Gasteiger partial charge is 0.257 e. The van der Waals surface area contributed by atoms with Gasteiger partial charge in [-0.05, 0) is 30.3 Å². The van der Waals surface area contributed by atoms with Crippen molar-refractivity contribution in [3.63, 3.8) is 0 Å². The van der Waals surface area contributed by atoms with Gasteiger partial charge in [-0.3, -0.25) is 9.78 Å². The first-order valence-corrected chi connectivity index (χ1v) is 7.20. The zero-order chi connectivity index (χ0) is 16.1. The van der Waals surface area contributed by atoms with Crippen molar-refractivity contribution in [1.29, 1.82) is 0 Å². The number of anilines is 1. The number of ether oxygens (including phenoxy) is 1. The van der Waals surface area contributed by atoms with Crippen LogP contribution in [0.3, 0.4) is 0 Å². The fraction of sp³-hybridized carbons (Fsp3) is 0. The summed E-state index contributed by atoms with van der Waals surface area (Å²) in [6.45, 7) is 0. The number of benzene rings is 1. The number of para-hydroxylation sites is 1. The summed E-state index contributed by atoms with van der Waals surface area (Å²) in [5, 5.41) is 3.23. The van der Waals surface area contributed by atoms with Gasteiger partial charge in [0.2, 0.25) is 5.88 Å². The molecule has 2 heterocycles. The fourth-order valence-electron chi connectivity index (χ4n) is 1.86. The molecule has 0 atom stereocenters. The van der Waals surface area contributed by atoms with E-state index in [-0.39, 0.29) is 5.91 Å². The van der Waals surface area contributed by atoms with Crippen LogP contribution >= 0.6 is 11.6 Å². The molecule has 0 spiro atoms. The number of aromatic nitrogens is 2. The molecule has 6 heteroatoms. The maximum Gasteiger partial charge on any atom is 0.257 e. The molecule has 0 aliphatic heterocycles. The number of rotatable bonds is 4. The van der Waals surface area contributed by atoms with Crippen LogP contribution in [0.1, 0.15) is 10.4 Å². The van der Waals surface area contributed by atoms with Gasteiger partial charge in [0.25, 0.3) is 5.91 Å². The molecule has 1 amide bonds. The first-order valence-electron chi connectivity index (χ1n) is 6.82. The quantitative estimate of drug-likeness (QED) is 0.781. The Kier molecular flexibility index (Phi) is 4.49. The second kappa shape index (κ2) is 6.89. The molecule has 0 fully saturated rings. The molecule has 3 aromatic rings. The Morgan fingerprint density at radius 3 is 2.61 bits per heavy atom. The Morgan fingerprint density at radius 2 is 1.91 bits per heavy atom. The Balaban J connectivity index is 1.69. The maximum absolute atomic E-state index is 12.1. The van der Waals surface area contributed by atoms with Crippen LogP contribution in [0.5, 0.6) is 11.6 Å². The summed E-state index contributed by atoms with van der Waals surface area (Å²) in [6.07, 6.45) is 4.65. The van der Waals surface area contributed by atoms with E-state index in [0.717, 1.165) is 0 Å². The Hall–Kier alpha value is -2.92. The summed E-state index contributed by atoms with van der Waals surface area (Å²) in [5.41, 5.74) is 1.04. The summed E-state index contributed by atoms with van der Waals surface area (Å²) in [7, 11) is 0. The van der Waals surface area contributed by atoms with Crippen LogP contribution in [0.15, 0.2) is 67.1 Å². The minimum atomic E-state index is -0.269. The highest BCUT2D eigenvalue weighted by atomic mass is 35.5. The number of pyridine rings is 2. The molecule has 1 aromatic carbocycles. The second-order valence-corrected chi connectivity index (χ2v) is 5.02. The molecule has 2 aromatic heterocycles. The minimum Gasteiger partial charge on any atom is -0.437 e. The van der Waals surface area contributed by atoms with Gasteiger partial charge in [-0.1, -0.05) is 23.7 Å². The van der Waals surface area contributed by atoms with E-state index in [1.807, 2.05) is 12.1 Å². The van der Waals surface area contributed by atoms with E-state index >= 15 is 0 Å². The van der Waals surface area contributed by atoms with Crippen molar-refractivity contribution in [2.75, 3.05) is 5.32 Å². The standard InChI is InChI=1S/C17H12ClN3O2/c18-14-5-1-2-6-15(14)23-16-8-7-12(10-20-16)17(22)21-13-4-3-9-19-11-13/h1-11H,(H,21,22). The number of nitrogens with zero attached hydrogens (tertiary/aromatic N) is 2. The first-order chi connectivity index (χ1) is 11.2.